The van der Waals surface area contributed by atoms with Gasteiger partial charge in [-0.05, 0) is 18.3 Å². The minimum Gasteiger partial charge on any atom is -0.511 e. The molecule has 0 saturated carbocycles. The Kier molecular flexibility index (Phi) is 7.26. The molecule has 1 rings (SSSR count). The maximum Gasteiger partial charge on any atom is 0.345 e. The van der Waals surface area contributed by atoms with E-state index in [4.69, 9.17) is 0 Å². The van der Waals surface area contributed by atoms with Gasteiger partial charge in [0.1, 0.15) is 11.3 Å². The highest BCUT2D eigenvalue weighted by atomic mass is 16.5. The van der Waals surface area contributed by atoms with E-state index < -0.39 is 11.8 Å². The van der Waals surface area contributed by atoms with Gasteiger partial charge < -0.3 is 14.7 Å². The van der Waals surface area contributed by atoms with Gasteiger partial charge in [0.15, 0.2) is 6.61 Å². The highest BCUT2D eigenvalue weighted by molar-refractivity contribution is 6.22. The number of hydrogen-bond acceptors (Lipinski definition) is 5. The van der Waals surface area contributed by atoms with Gasteiger partial charge in [-0.25, -0.2) is 4.79 Å². The van der Waals surface area contributed by atoms with Crippen LogP contribution in [0, 0.1) is 11.8 Å². The van der Waals surface area contributed by atoms with Crippen molar-refractivity contribution < 1.29 is 24.2 Å². The van der Waals surface area contributed by atoms with Gasteiger partial charge in [-0.15, -0.1) is 0 Å². The smallest absolute Gasteiger partial charge is 0.345 e. The van der Waals surface area contributed by atoms with Crippen LogP contribution in [0.1, 0.15) is 47.0 Å². The minimum atomic E-state index is -0.778. The molecule has 6 nitrogen and oxygen atoms in total. The summed E-state index contributed by atoms with van der Waals surface area (Å²) in [4.78, 5) is 36.9. The monoisotopic (exact) mass is 325 g/mol. The molecule has 1 aliphatic heterocycles. The summed E-state index contributed by atoms with van der Waals surface area (Å²) >= 11 is 0. The lowest BCUT2D eigenvalue weighted by Crippen LogP contribution is -2.36. The van der Waals surface area contributed by atoms with Crippen molar-refractivity contribution in [2.45, 2.75) is 47.0 Å². The molecule has 0 spiro atoms. The van der Waals surface area contributed by atoms with Crippen LogP contribution in [-0.4, -0.2) is 47.4 Å². The van der Waals surface area contributed by atoms with E-state index in [1.165, 1.54) is 0 Å². The number of esters is 1. The number of allylic oxidation sites excluding steroid dienone is 1. The lowest BCUT2D eigenvalue weighted by molar-refractivity contribution is -0.135. The molecule has 0 atom stereocenters. The van der Waals surface area contributed by atoms with E-state index in [9.17, 15) is 19.5 Å². The number of aliphatic hydroxyl groups excluding tert-OH is 1. The first-order valence-corrected chi connectivity index (χ1v) is 8.12. The van der Waals surface area contributed by atoms with Crippen LogP contribution in [0.25, 0.3) is 0 Å². The zero-order valence-electron chi connectivity index (χ0n) is 14.4. The predicted octanol–water partition coefficient (Wildman–Crippen LogP) is 2.24. The van der Waals surface area contributed by atoms with Crippen molar-refractivity contribution in [2.24, 2.45) is 11.8 Å². The molecule has 0 radical (unpaired) electrons. The van der Waals surface area contributed by atoms with E-state index >= 15 is 0 Å². The van der Waals surface area contributed by atoms with Gasteiger partial charge in [0.25, 0.3) is 0 Å². The summed E-state index contributed by atoms with van der Waals surface area (Å²) in [6.07, 6.45) is 0.792. The highest BCUT2D eigenvalue weighted by Crippen LogP contribution is 2.18. The van der Waals surface area contributed by atoms with Gasteiger partial charge in [0.05, 0.1) is 0 Å². The summed E-state index contributed by atoms with van der Waals surface area (Å²) in [5, 5.41) is 9.87. The van der Waals surface area contributed by atoms with E-state index in [-0.39, 0.29) is 36.7 Å². The third-order valence-corrected chi connectivity index (χ3v) is 3.43. The first kappa shape index (κ1) is 19.2. The largest absolute Gasteiger partial charge is 0.511 e. The Morgan fingerprint density at radius 2 is 1.70 bits per heavy atom. The number of aliphatic hydroxyl groups is 1. The van der Waals surface area contributed by atoms with Crippen molar-refractivity contribution in [3.63, 3.8) is 0 Å². The molecule has 0 bridgehead atoms. The fourth-order valence-electron chi connectivity index (χ4n) is 2.52. The van der Waals surface area contributed by atoms with Crippen LogP contribution in [-0.2, 0) is 19.1 Å². The third-order valence-electron chi connectivity index (χ3n) is 3.43. The Balaban J connectivity index is 2.55. The zero-order chi connectivity index (χ0) is 17.6. The number of nitrogens with zero attached hydrogens (tertiary/aromatic N) is 1. The second-order valence-electron chi connectivity index (χ2n) is 6.76. The number of hydrogen-bond donors (Lipinski definition) is 1. The molecule has 0 aromatic rings. The zero-order valence-corrected chi connectivity index (χ0v) is 14.4. The van der Waals surface area contributed by atoms with E-state index in [2.05, 4.69) is 32.4 Å². The number of ether oxygens (including phenoxy) is 1. The maximum absolute atomic E-state index is 12.3. The van der Waals surface area contributed by atoms with Gasteiger partial charge in [-0.3, -0.25) is 9.59 Å². The molecule has 23 heavy (non-hydrogen) atoms. The van der Waals surface area contributed by atoms with Crippen molar-refractivity contribution in [1.29, 1.82) is 0 Å². The highest BCUT2D eigenvalue weighted by Gasteiger charge is 2.31. The lowest BCUT2D eigenvalue weighted by atomic mass is 10.1. The standard InChI is InChI=1S/C17H27NO5/c1-11(2)8-18(9-12(3)4)15(21)7-5-6-13(19)16-14(20)10-23-17(16)22/h11-12,19H,5-10H2,1-4H3. The second-order valence-corrected chi connectivity index (χ2v) is 6.76. The molecule has 6 heteroatoms. The molecule has 1 N–H and O–H groups in total. The first-order chi connectivity index (χ1) is 10.7. The van der Waals surface area contributed by atoms with Gasteiger partial charge in [0, 0.05) is 25.9 Å². The van der Waals surface area contributed by atoms with Crippen molar-refractivity contribution in [2.75, 3.05) is 19.7 Å². The number of carbonyl (C=O) groups is 3. The predicted molar refractivity (Wildman–Crippen MR) is 85.7 cm³/mol. The van der Waals surface area contributed by atoms with Gasteiger partial charge in [0.2, 0.25) is 11.7 Å². The van der Waals surface area contributed by atoms with Crippen LogP contribution in [0.2, 0.25) is 0 Å². The second kappa shape index (κ2) is 8.70. The molecule has 1 saturated heterocycles. The average molecular weight is 325 g/mol. The molecule has 1 fully saturated rings. The molecule has 0 aliphatic carbocycles. The third kappa shape index (κ3) is 6.04. The Labute approximate surface area is 137 Å². The lowest BCUT2D eigenvalue weighted by Gasteiger charge is -2.26. The topological polar surface area (TPSA) is 83.9 Å². The van der Waals surface area contributed by atoms with Crippen molar-refractivity contribution >= 4 is 17.7 Å². The molecule has 130 valence electrons. The molecule has 1 amide bonds. The molecule has 1 aliphatic rings. The van der Waals surface area contributed by atoms with E-state index in [0.29, 0.717) is 31.3 Å². The number of rotatable bonds is 8. The number of cyclic esters (lactones) is 1. The number of Topliss-reactive ketones (excluding diaryl/α,β-unsaturated/α-hetero) is 1. The van der Waals surface area contributed by atoms with E-state index in [1.807, 2.05) is 4.90 Å². The molecule has 0 aromatic heterocycles. The minimum absolute atomic E-state index is 0.0329. The van der Waals surface area contributed by atoms with E-state index in [1.54, 1.807) is 0 Å². The number of amides is 1. The van der Waals surface area contributed by atoms with Crippen LogP contribution >= 0.6 is 0 Å². The SMILES string of the molecule is CC(C)CN(CC(C)C)C(=O)CCCC(O)=C1C(=O)COC1=O. The first-order valence-electron chi connectivity index (χ1n) is 8.12. The summed E-state index contributed by atoms with van der Waals surface area (Å²) in [7, 11) is 0. The van der Waals surface area contributed by atoms with Gasteiger partial charge in [-0.2, -0.15) is 0 Å². The van der Waals surface area contributed by atoms with Crippen LogP contribution < -0.4 is 0 Å². The van der Waals surface area contributed by atoms with E-state index in [0.717, 1.165) is 0 Å². The van der Waals surface area contributed by atoms with Crippen LogP contribution in [0.5, 0.6) is 0 Å². The Morgan fingerprint density at radius 3 is 2.13 bits per heavy atom. The van der Waals surface area contributed by atoms with Crippen molar-refractivity contribution in [1.82, 2.24) is 4.90 Å². The summed E-state index contributed by atoms with van der Waals surface area (Å²) < 4.78 is 4.57. The Hall–Kier alpha value is -1.85. The molecule has 0 aromatic carbocycles. The summed E-state index contributed by atoms with van der Waals surface area (Å²) in [6, 6.07) is 0. The Morgan fingerprint density at radius 1 is 1.13 bits per heavy atom. The summed E-state index contributed by atoms with van der Waals surface area (Å²) in [6.45, 7) is 9.35. The molecule has 0 unspecified atom stereocenters. The Bertz CT molecular complexity index is 465. The van der Waals surface area contributed by atoms with Crippen LogP contribution in [0.4, 0.5) is 0 Å². The average Bonchev–Trinajstić information content (AvgIpc) is 2.76. The molecule has 1 heterocycles. The molecular formula is C17H27NO5. The summed E-state index contributed by atoms with van der Waals surface area (Å²) in [5.41, 5.74) is -0.265. The summed E-state index contributed by atoms with van der Waals surface area (Å²) in [5.74, 6) is -0.742. The fraction of sp³-hybridized carbons (Fsp3) is 0.706. The maximum atomic E-state index is 12.3. The van der Waals surface area contributed by atoms with Crippen molar-refractivity contribution in [3.05, 3.63) is 11.3 Å². The normalized spacial score (nSPS) is 17.0. The van der Waals surface area contributed by atoms with Gasteiger partial charge in [-0.1, -0.05) is 27.7 Å². The van der Waals surface area contributed by atoms with Gasteiger partial charge >= 0.3 is 5.97 Å². The number of ketones is 1. The quantitative estimate of drug-likeness (QED) is 0.320. The van der Waals surface area contributed by atoms with Crippen molar-refractivity contribution in [3.8, 4) is 0 Å². The molecular weight excluding hydrogens is 298 g/mol. The number of carbonyl (C=O) groups excluding carboxylic acids is 3. The van der Waals surface area contributed by atoms with Crippen LogP contribution in [0.15, 0.2) is 11.3 Å². The van der Waals surface area contributed by atoms with Crippen LogP contribution in [0.3, 0.4) is 0 Å². The fourth-order valence-corrected chi connectivity index (χ4v) is 2.52.